The lowest BCUT2D eigenvalue weighted by Crippen LogP contribution is -2.31. The van der Waals surface area contributed by atoms with Gasteiger partial charge in [-0.25, -0.2) is 5.84 Å². The molecule has 3 aromatic carbocycles. The van der Waals surface area contributed by atoms with E-state index in [0.717, 1.165) is 29.2 Å². The van der Waals surface area contributed by atoms with Crippen LogP contribution in [-0.4, -0.2) is 0 Å². The Hall–Kier alpha value is -2.78. The molecular weight excluding hydrogens is 284 g/mol. The maximum Gasteiger partial charge on any atom is 0.133 e. The van der Waals surface area contributed by atoms with Gasteiger partial charge in [-0.2, -0.15) is 0 Å². The number of hydrogen-bond acceptors (Lipinski definition) is 3. The number of ether oxygens (including phenoxy) is 1. The molecule has 4 rings (SSSR count). The zero-order chi connectivity index (χ0) is 15.6. The fourth-order valence-corrected chi connectivity index (χ4v) is 3.02. The van der Waals surface area contributed by atoms with Crippen LogP contribution in [0.1, 0.15) is 16.7 Å². The first-order valence-corrected chi connectivity index (χ1v) is 7.75. The van der Waals surface area contributed by atoms with Crippen LogP contribution in [0.5, 0.6) is 11.5 Å². The smallest absolute Gasteiger partial charge is 0.133 e. The molecule has 3 heteroatoms. The Balaban J connectivity index is 1.66. The van der Waals surface area contributed by atoms with Crippen LogP contribution in [0.4, 0.5) is 5.69 Å². The SMILES string of the molecule is NN(Cc1ccccc1)c1cccc2c1Cc1ccccc1O2. The minimum absolute atomic E-state index is 0.666. The lowest BCUT2D eigenvalue weighted by atomic mass is 9.98. The molecular formula is C20H18N2O. The van der Waals surface area contributed by atoms with E-state index in [1.54, 1.807) is 5.01 Å². The summed E-state index contributed by atoms with van der Waals surface area (Å²) in [5.41, 5.74) is 4.54. The average molecular weight is 302 g/mol. The third kappa shape index (κ3) is 2.67. The van der Waals surface area contributed by atoms with Crippen LogP contribution in [0.2, 0.25) is 0 Å². The Kier molecular flexibility index (Phi) is 3.48. The number of anilines is 1. The summed E-state index contributed by atoms with van der Waals surface area (Å²) >= 11 is 0. The summed E-state index contributed by atoms with van der Waals surface area (Å²) in [6.45, 7) is 0.666. The van der Waals surface area contributed by atoms with Gasteiger partial charge in [0, 0.05) is 12.0 Å². The van der Waals surface area contributed by atoms with Gasteiger partial charge in [0.2, 0.25) is 0 Å². The van der Waals surface area contributed by atoms with E-state index in [4.69, 9.17) is 10.6 Å². The molecule has 1 heterocycles. The van der Waals surface area contributed by atoms with Crippen molar-refractivity contribution in [1.29, 1.82) is 0 Å². The summed E-state index contributed by atoms with van der Waals surface area (Å²) in [7, 11) is 0. The Morgan fingerprint density at radius 2 is 1.57 bits per heavy atom. The van der Waals surface area contributed by atoms with E-state index in [1.807, 2.05) is 48.5 Å². The van der Waals surface area contributed by atoms with Crippen LogP contribution >= 0.6 is 0 Å². The Bertz CT molecular complexity index is 830. The van der Waals surface area contributed by atoms with Crippen LogP contribution in [0, 0.1) is 0 Å². The van der Waals surface area contributed by atoms with E-state index >= 15 is 0 Å². The normalized spacial score (nSPS) is 12.0. The van der Waals surface area contributed by atoms with Crippen LogP contribution in [0.25, 0.3) is 0 Å². The molecule has 2 N–H and O–H groups in total. The van der Waals surface area contributed by atoms with Crippen LogP contribution < -0.4 is 15.6 Å². The molecule has 0 aromatic heterocycles. The molecule has 0 saturated heterocycles. The maximum atomic E-state index is 6.35. The number of nitrogens with two attached hydrogens (primary N) is 1. The van der Waals surface area contributed by atoms with Crippen molar-refractivity contribution in [1.82, 2.24) is 0 Å². The van der Waals surface area contributed by atoms with Gasteiger partial charge in [0.15, 0.2) is 0 Å². The van der Waals surface area contributed by atoms with Crippen LogP contribution in [-0.2, 0) is 13.0 Å². The fraction of sp³-hybridized carbons (Fsp3) is 0.100. The third-order valence-corrected chi connectivity index (χ3v) is 4.17. The zero-order valence-corrected chi connectivity index (χ0v) is 12.8. The molecule has 1 aliphatic rings. The van der Waals surface area contributed by atoms with Gasteiger partial charge in [0.25, 0.3) is 0 Å². The van der Waals surface area contributed by atoms with Gasteiger partial charge in [-0.05, 0) is 29.3 Å². The van der Waals surface area contributed by atoms with E-state index in [9.17, 15) is 0 Å². The van der Waals surface area contributed by atoms with Crippen molar-refractivity contribution >= 4 is 5.69 Å². The minimum atomic E-state index is 0.666. The second kappa shape index (κ2) is 5.78. The summed E-state index contributed by atoms with van der Waals surface area (Å²) in [6, 6.07) is 24.4. The number of hydrogen-bond donors (Lipinski definition) is 1. The average Bonchev–Trinajstić information content (AvgIpc) is 2.60. The largest absolute Gasteiger partial charge is 0.457 e. The van der Waals surface area contributed by atoms with E-state index in [0.29, 0.717) is 6.54 Å². The van der Waals surface area contributed by atoms with Crippen LogP contribution in [0.3, 0.4) is 0 Å². The first-order valence-electron chi connectivity index (χ1n) is 7.75. The van der Waals surface area contributed by atoms with Gasteiger partial charge < -0.3 is 9.75 Å². The van der Waals surface area contributed by atoms with Gasteiger partial charge in [-0.15, -0.1) is 0 Å². The molecule has 0 aliphatic carbocycles. The summed E-state index contributed by atoms with van der Waals surface area (Å²) in [5.74, 6) is 8.18. The number of nitrogens with zero attached hydrogens (tertiary/aromatic N) is 1. The molecule has 23 heavy (non-hydrogen) atoms. The van der Waals surface area contributed by atoms with Crippen molar-refractivity contribution in [2.45, 2.75) is 13.0 Å². The number of rotatable bonds is 3. The van der Waals surface area contributed by atoms with E-state index in [-0.39, 0.29) is 0 Å². The quantitative estimate of drug-likeness (QED) is 0.454. The zero-order valence-electron chi connectivity index (χ0n) is 12.8. The Labute approximate surface area is 135 Å². The topological polar surface area (TPSA) is 38.5 Å². The van der Waals surface area contributed by atoms with Crippen molar-refractivity contribution in [3.63, 3.8) is 0 Å². The predicted octanol–water partition coefficient (Wildman–Crippen LogP) is 4.26. The highest BCUT2D eigenvalue weighted by molar-refractivity contribution is 5.63. The van der Waals surface area contributed by atoms with Gasteiger partial charge in [-0.1, -0.05) is 54.6 Å². The van der Waals surface area contributed by atoms with Gasteiger partial charge in [0.1, 0.15) is 11.5 Å². The molecule has 0 saturated carbocycles. The van der Waals surface area contributed by atoms with Crippen molar-refractivity contribution in [2.75, 3.05) is 5.01 Å². The summed E-state index contributed by atoms with van der Waals surface area (Å²) in [5, 5.41) is 1.80. The van der Waals surface area contributed by atoms with Crippen LogP contribution in [0.15, 0.2) is 72.8 Å². The first-order chi connectivity index (χ1) is 11.3. The molecule has 0 bridgehead atoms. The standard InChI is InChI=1S/C20H18N2O/c21-22(14-15-7-2-1-3-8-15)18-10-6-12-20-17(18)13-16-9-4-5-11-19(16)23-20/h1-12H,13-14,21H2. The van der Waals surface area contributed by atoms with E-state index in [1.165, 1.54) is 11.1 Å². The highest BCUT2D eigenvalue weighted by atomic mass is 16.5. The van der Waals surface area contributed by atoms with Crippen molar-refractivity contribution in [2.24, 2.45) is 5.84 Å². The summed E-state index contributed by atoms with van der Waals surface area (Å²) in [4.78, 5) is 0. The molecule has 0 unspecified atom stereocenters. The molecule has 1 aliphatic heterocycles. The molecule has 0 amide bonds. The van der Waals surface area contributed by atoms with Crippen molar-refractivity contribution in [3.05, 3.63) is 89.5 Å². The number of para-hydroxylation sites is 1. The number of hydrazine groups is 1. The Morgan fingerprint density at radius 3 is 2.43 bits per heavy atom. The van der Waals surface area contributed by atoms with Crippen molar-refractivity contribution in [3.8, 4) is 11.5 Å². The van der Waals surface area contributed by atoms with Gasteiger partial charge in [-0.3, -0.25) is 0 Å². The molecule has 0 fully saturated rings. The highest BCUT2D eigenvalue weighted by Crippen LogP contribution is 2.40. The Morgan fingerprint density at radius 1 is 0.826 bits per heavy atom. The van der Waals surface area contributed by atoms with Gasteiger partial charge >= 0.3 is 0 Å². The summed E-state index contributed by atoms with van der Waals surface area (Å²) in [6.07, 6.45) is 0.837. The van der Waals surface area contributed by atoms with Crippen molar-refractivity contribution < 1.29 is 4.74 Å². The lowest BCUT2D eigenvalue weighted by Gasteiger charge is -2.27. The molecule has 114 valence electrons. The molecule has 0 atom stereocenters. The van der Waals surface area contributed by atoms with E-state index in [2.05, 4.69) is 24.3 Å². The molecule has 0 radical (unpaired) electrons. The monoisotopic (exact) mass is 302 g/mol. The molecule has 3 nitrogen and oxygen atoms in total. The van der Waals surface area contributed by atoms with Gasteiger partial charge in [0.05, 0.1) is 12.2 Å². The number of fused-ring (bicyclic) bond motifs is 2. The highest BCUT2D eigenvalue weighted by Gasteiger charge is 2.21. The second-order valence-electron chi connectivity index (χ2n) is 5.75. The van der Waals surface area contributed by atoms with E-state index < -0.39 is 0 Å². The third-order valence-electron chi connectivity index (χ3n) is 4.17. The maximum absolute atomic E-state index is 6.35. The molecule has 3 aromatic rings. The first kappa shape index (κ1) is 13.9. The lowest BCUT2D eigenvalue weighted by molar-refractivity contribution is 0.460. The molecule has 0 spiro atoms. The fourth-order valence-electron chi connectivity index (χ4n) is 3.02. The summed E-state index contributed by atoms with van der Waals surface area (Å²) < 4.78 is 6.04. The predicted molar refractivity (Wildman–Crippen MR) is 92.6 cm³/mol. The second-order valence-corrected chi connectivity index (χ2v) is 5.75. The minimum Gasteiger partial charge on any atom is -0.457 e. The number of benzene rings is 3.